The molecule has 0 unspecified atom stereocenters. The Labute approximate surface area is 113 Å². The fourth-order valence-electron chi connectivity index (χ4n) is 2.24. The van der Waals surface area contributed by atoms with Crippen molar-refractivity contribution < 1.29 is 4.74 Å². The smallest absolute Gasteiger partial charge is 0.122 e. The third-order valence-corrected chi connectivity index (χ3v) is 3.76. The van der Waals surface area contributed by atoms with E-state index in [0.717, 1.165) is 18.6 Å². The van der Waals surface area contributed by atoms with Gasteiger partial charge in [0.15, 0.2) is 0 Å². The summed E-state index contributed by atoms with van der Waals surface area (Å²) < 4.78 is 5.92. The van der Waals surface area contributed by atoms with Gasteiger partial charge in [0.2, 0.25) is 0 Å². The minimum Gasteiger partial charge on any atom is -0.491 e. The first-order valence-corrected chi connectivity index (χ1v) is 7.12. The molecule has 18 heavy (non-hydrogen) atoms. The lowest BCUT2D eigenvalue weighted by molar-refractivity contribution is 0.240. The molecule has 1 heteroatoms. The predicted molar refractivity (Wildman–Crippen MR) is 79.6 cm³/mol. The number of aryl methyl sites for hydroxylation is 2. The summed E-state index contributed by atoms with van der Waals surface area (Å²) in [5.41, 5.74) is 4.36. The third-order valence-electron chi connectivity index (χ3n) is 3.76. The van der Waals surface area contributed by atoms with Crippen molar-refractivity contribution in [3.8, 4) is 5.75 Å². The largest absolute Gasteiger partial charge is 0.491 e. The lowest BCUT2D eigenvalue weighted by atomic mass is 9.78. The summed E-state index contributed by atoms with van der Waals surface area (Å²) in [6.07, 6.45) is 2.46. The molecule has 1 nitrogen and oxygen atoms in total. The van der Waals surface area contributed by atoms with Gasteiger partial charge in [-0.2, -0.15) is 0 Å². The van der Waals surface area contributed by atoms with Gasteiger partial charge in [0.1, 0.15) is 5.75 Å². The average Bonchev–Trinajstić information content (AvgIpc) is 2.30. The second-order valence-electron chi connectivity index (χ2n) is 6.03. The van der Waals surface area contributed by atoms with E-state index in [9.17, 15) is 0 Å². The van der Waals surface area contributed by atoms with Crippen LogP contribution in [0.25, 0.3) is 0 Å². The Bertz CT molecular complexity index is 402. The minimum absolute atomic E-state index is 0.216. The van der Waals surface area contributed by atoms with Crippen LogP contribution in [0.15, 0.2) is 12.1 Å². The van der Waals surface area contributed by atoms with Crippen molar-refractivity contribution in [1.82, 2.24) is 0 Å². The average molecular weight is 248 g/mol. The second kappa shape index (κ2) is 5.77. The van der Waals surface area contributed by atoms with Gasteiger partial charge < -0.3 is 4.74 Å². The van der Waals surface area contributed by atoms with Crippen LogP contribution in [0.4, 0.5) is 0 Å². The quantitative estimate of drug-likeness (QED) is 0.710. The number of hydrogen-bond donors (Lipinski definition) is 0. The summed E-state index contributed by atoms with van der Waals surface area (Å²) in [6, 6.07) is 4.56. The molecule has 0 bridgehead atoms. The van der Waals surface area contributed by atoms with Gasteiger partial charge in [-0.15, -0.1) is 0 Å². The van der Waals surface area contributed by atoms with E-state index in [1.54, 1.807) is 0 Å². The number of ether oxygens (including phenoxy) is 1. The van der Waals surface area contributed by atoms with E-state index in [2.05, 4.69) is 60.6 Å². The van der Waals surface area contributed by atoms with E-state index in [4.69, 9.17) is 4.74 Å². The lowest BCUT2D eigenvalue weighted by Crippen LogP contribution is -2.19. The number of benzene rings is 1. The van der Waals surface area contributed by atoms with Crippen molar-refractivity contribution in [2.45, 2.75) is 72.8 Å². The highest BCUT2D eigenvalue weighted by molar-refractivity contribution is 5.45. The topological polar surface area (TPSA) is 9.23 Å². The van der Waals surface area contributed by atoms with Crippen LogP contribution in [0.3, 0.4) is 0 Å². The zero-order valence-corrected chi connectivity index (χ0v) is 13.1. The molecule has 0 heterocycles. The first-order chi connectivity index (χ1) is 8.31. The molecule has 0 saturated heterocycles. The predicted octanol–water partition coefficient (Wildman–Crippen LogP) is 5.03. The van der Waals surface area contributed by atoms with Crippen LogP contribution in [0.5, 0.6) is 5.75 Å². The second-order valence-corrected chi connectivity index (χ2v) is 6.03. The van der Waals surface area contributed by atoms with Crippen LogP contribution in [-0.2, 0) is 11.8 Å². The highest BCUT2D eigenvalue weighted by Gasteiger charge is 2.22. The van der Waals surface area contributed by atoms with E-state index in [1.165, 1.54) is 16.7 Å². The summed E-state index contributed by atoms with van der Waals surface area (Å²) in [7, 11) is 0. The van der Waals surface area contributed by atoms with E-state index in [-0.39, 0.29) is 11.5 Å². The Hall–Kier alpha value is -0.980. The minimum atomic E-state index is 0.216. The number of rotatable bonds is 5. The zero-order chi connectivity index (χ0) is 13.9. The van der Waals surface area contributed by atoms with Crippen molar-refractivity contribution in [1.29, 1.82) is 0 Å². The fourth-order valence-corrected chi connectivity index (χ4v) is 2.24. The molecule has 0 fully saturated rings. The maximum atomic E-state index is 5.92. The number of hydrogen-bond acceptors (Lipinski definition) is 1. The lowest BCUT2D eigenvalue weighted by Gasteiger charge is -2.28. The Kier molecular flexibility index (Phi) is 4.84. The van der Waals surface area contributed by atoms with Crippen molar-refractivity contribution in [2.24, 2.45) is 0 Å². The monoisotopic (exact) mass is 248 g/mol. The molecule has 1 aromatic carbocycles. The van der Waals surface area contributed by atoms with E-state index < -0.39 is 0 Å². The molecule has 0 aliphatic heterocycles. The summed E-state index contributed by atoms with van der Waals surface area (Å²) >= 11 is 0. The van der Waals surface area contributed by atoms with Crippen molar-refractivity contribution in [3.05, 3.63) is 28.8 Å². The van der Waals surface area contributed by atoms with Gasteiger partial charge >= 0.3 is 0 Å². The molecule has 1 aromatic rings. The summed E-state index contributed by atoms with van der Waals surface area (Å²) in [5.74, 6) is 1.04. The van der Waals surface area contributed by atoms with Gasteiger partial charge in [-0.25, -0.2) is 0 Å². The molecule has 102 valence electrons. The van der Waals surface area contributed by atoms with Gasteiger partial charge in [0.05, 0.1) is 6.10 Å². The van der Waals surface area contributed by atoms with Crippen molar-refractivity contribution in [3.63, 3.8) is 0 Å². The van der Waals surface area contributed by atoms with Crippen LogP contribution < -0.4 is 4.74 Å². The molecule has 0 aliphatic rings. The van der Waals surface area contributed by atoms with Gasteiger partial charge in [0, 0.05) is 0 Å². The van der Waals surface area contributed by atoms with Crippen LogP contribution >= 0.6 is 0 Å². The van der Waals surface area contributed by atoms with Gasteiger partial charge in [-0.1, -0.05) is 33.8 Å². The highest BCUT2D eigenvalue weighted by Crippen LogP contribution is 2.34. The summed E-state index contributed by atoms with van der Waals surface area (Å²) in [6.45, 7) is 15.4. The van der Waals surface area contributed by atoms with E-state index in [0.29, 0.717) is 0 Å². The Morgan fingerprint density at radius 1 is 1.17 bits per heavy atom. The molecular weight excluding hydrogens is 220 g/mol. The maximum Gasteiger partial charge on any atom is 0.122 e. The van der Waals surface area contributed by atoms with Gasteiger partial charge in [0.25, 0.3) is 0 Å². The molecule has 0 N–H and O–H groups in total. The molecule has 0 radical (unpaired) electrons. The van der Waals surface area contributed by atoms with Gasteiger partial charge in [-0.05, 0) is 61.8 Å². The standard InChI is InChI=1S/C17H28O/c1-8-14-10-13(5)16(18-12(3)4)11-15(14)17(6,7)9-2/h10-12H,8-9H2,1-7H3. The molecule has 0 aromatic heterocycles. The fraction of sp³-hybridized carbons (Fsp3) is 0.647. The van der Waals surface area contributed by atoms with Crippen LogP contribution in [0.1, 0.15) is 64.7 Å². The molecular formula is C17H28O. The van der Waals surface area contributed by atoms with Crippen LogP contribution in [-0.4, -0.2) is 6.10 Å². The first kappa shape index (κ1) is 15.1. The highest BCUT2D eigenvalue weighted by atomic mass is 16.5. The van der Waals surface area contributed by atoms with Crippen molar-refractivity contribution in [2.75, 3.05) is 0 Å². The molecule has 0 saturated carbocycles. The van der Waals surface area contributed by atoms with Crippen molar-refractivity contribution >= 4 is 0 Å². The van der Waals surface area contributed by atoms with Crippen LogP contribution in [0.2, 0.25) is 0 Å². The maximum absolute atomic E-state index is 5.92. The molecule has 0 spiro atoms. The summed E-state index contributed by atoms with van der Waals surface area (Å²) in [4.78, 5) is 0. The van der Waals surface area contributed by atoms with Gasteiger partial charge in [-0.3, -0.25) is 0 Å². The Morgan fingerprint density at radius 2 is 1.78 bits per heavy atom. The Morgan fingerprint density at radius 3 is 2.22 bits per heavy atom. The van der Waals surface area contributed by atoms with E-state index >= 15 is 0 Å². The Balaban J connectivity index is 3.30. The SMILES string of the molecule is CCc1cc(C)c(OC(C)C)cc1C(C)(C)CC. The third kappa shape index (κ3) is 3.28. The normalized spacial score (nSPS) is 12.0. The van der Waals surface area contributed by atoms with Crippen LogP contribution in [0, 0.1) is 6.92 Å². The molecule has 1 rings (SSSR count). The van der Waals surface area contributed by atoms with E-state index in [1.807, 2.05) is 0 Å². The zero-order valence-electron chi connectivity index (χ0n) is 13.1. The molecule has 0 amide bonds. The summed E-state index contributed by atoms with van der Waals surface area (Å²) in [5, 5.41) is 0. The molecule has 0 aliphatic carbocycles. The first-order valence-electron chi connectivity index (χ1n) is 7.12. The molecule has 0 atom stereocenters.